The number of rotatable bonds is 7. The van der Waals surface area contributed by atoms with Crippen LogP contribution >= 0.6 is 11.6 Å². The van der Waals surface area contributed by atoms with Gasteiger partial charge in [-0.3, -0.25) is 0 Å². The Morgan fingerprint density at radius 3 is 2.95 bits per heavy atom. The van der Waals surface area contributed by atoms with E-state index < -0.39 is 0 Å². The molecular weight excluding hydrogens is 258 g/mol. The van der Waals surface area contributed by atoms with Crippen molar-refractivity contribution in [3.05, 3.63) is 22.8 Å². The van der Waals surface area contributed by atoms with Gasteiger partial charge in [-0.05, 0) is 37.4 Å². The smallest absolute Gasteiger partial charge is 0.129 e. The summed E-state index contributed by atoms with van der Waals surface area (Å²) in [6.45, 7) is 5.26. The molecule has 0 saturated heterocycles. The van der Waals surface area contributed by atoms with E-state index in [2.05, 4.69) is 28.0 Å². The van der Waals surface area contributed by atoms with E-state index in [4.69, 9.17) is 18.0 Å². The van der Waals surface area contributed by atoms with Gasteiger partial charge >= 0.3 is 0 Å². The second-order valence-electron chi connectivity index (χ2n) is 4.91. The SMILES string of the molecule is C#CCN(CC1CC1)c1ccc(Cl)c(CNCC)n1. The molecule has 1 aliphatic rings. The Morgan fingerprint density at radius 1 is 1.53 bits per heavy atom. The van der Waals surface area contributed by atoms with Crippen molar-refractivity contribution < 1.29 is 0 Å². The molecule has 1 N–H and O–H groups in total. The molecule has 1 aromatic rings. The summed E-state index contributed by atoms with van der Waals surface area (Å²) in [5, 5.41) is 3.96. The molecule has 19 heavy (non-hydrogen) atoms. The fourth-order valence-corrected chi connectivity index (χ4v) is 2.15. The number of anilines is 1. The first-order valence-corrected chi connectivity index (χ1v) is 7.17. The second-order valence-corrected chi connectivity index (χ2v) is 5.31. The first-order chi connectivity index (χ1) is 9.24. The average molecular weight is 278 g/mol. The zero-order valence-corrected chi connectivity index (χ0v) is 12.1. The molecule has 1 heterocycles. The predicted octanol–water partition coefficient (Wildman–Crippen LogP) is 2.69. The molecule has 0 aliphatic heterocycles. The van der Waals surface area contributed by atoms with Crippen LogP contribution in [-0.2, 0) is 6.54 Å². The zero-order valence-electron chi connectivity index (χ0n) is 11.3. The maximum Gasteiger partial charge on any atom is 0.129 e. The van der Waals surface area contributed by atoms with E-state index in [-0.39, 0.29) is 0 Å². The first kappa shape index (κ1) is 14.2. The quantitative estimate of drug-likeness (QED) is 0.777. The number of nitrogens with one attached hydrogen (secondary N) is 1. The van der Waals surface area contributed by atoms with Crippen LogP contribution in [-0.4, -0.2) is 24.6 Å². The molecule has 4 heteroatoms. The third kappa shape index (κ3) is 4.12. The molecule has 1 aromatic heterocycles. The van der Waals surface area contributed by atoms with Gasteiger partial charge in [0.25, 0.3) is 0 Å². The van der Waals surface area contributed by atoms with Gasteiger partial charge in [-0.1, -0.05) is 24.4 Å². The molecule has 1 aliphatic carbocycles. The number of nitrogens with zero attached hydrogens (tertiary/aromatic N) is 2. The molecule has 0 aromatic carbocycles. The molecule has 3 nitrogen and oxygen atoms in total. The van der Waals surface area contributed by atoms with Crippen molar-refractivity contribution in [2.45, 2.75) is 26.3 Å². The Balaban J connectivity index is 2.13. The molecule has 102 valence electrons. The van der Waals surface area contributed by atoms with Gasteiger partial charge in [0.2, 0.25) is 0 Å². The zero-order chi connectivity index (χ0) is 13.7. The van der Waals surface area contributed by atoms with E-state index in [1.54, 1.807) is 0 Å². The second kappa shape index (κ2) is 6.79. The van der Waals surface area contributed by atoms with Crippen LogP contribution in [0.15, 0.2) is 12.1 Å². The van der Waals surface area contributed by atoms with Crippen molar-refractivity contribution in [3.63, 3.8) is 0 Å². The van der Waals surface area contributed by atoms with E-state index in [9.17, 15) is 0 Å². The van der Waals surface area contributed by atoms with Crippen LogP contribution in [0.2, 0.25) is 5.02 Å². The molecule has 0 bridgehead atoms. The highest BCUT2D eigenvalue weighted by atomic mass is 35.5. The van der Waals surface area contributed by atoms with Gasteiger partial charge in [0.1, 0.15) is 5.82 Å². The lowest BCUT2D eigenvalue weighted by Crippen LogP contribution is -2.27. The van der Waals surface area contributed by atoms with E-state index >= 15 is 0 Å². The molecule has 2 rings (SSSR count). The van der Waals surface area contributed by atoms with Crippen molar-refractivity contribution in [2.24, 2.45) is 5.92 Å². The maximum atomic E-state index is 6.17. The summed E-state index contributed by atoms with van der Waals surface area (Å²) in [6, 6.07) is 3.87. The van der Waals surface area contributed by atoms with Gasteiger partial charge in [0.15, 0.2) is 0 Å². The molecule has 0 amide bonds. The van der Waals surface area contributed by atoms with Gasteiger partial charge in [0, 0.05) is 13.1 Å². The summed E-state index contributed by atoms with van der Waals surface area (Å²) >= 11 is 6.17. The third-order valence-electron chi connectivity index (χ3n) is 3.23. The van der Waals surface area contributed by atoms with Crippen LogP contribution in [0.4, 0.5) is 5.82 Å². The molecule has 0 radical (unpaired) electrons. The van der Waals surface area contributed by atoms with Crippen LogP contribution in [0, 0.1) is 18.3 Å². The van der Waals surface area contributed by atoms with Crippen molar-refractivity contribution in [1.82, 2.24) is 10.3 Å². The highest BCUT2D eigenvalue weighted by molar-refractivity contribution is 6.31. The summed E-state index contributed by atoms with van der Waals surface area (Å²) in [6.07, 6.45) is 8.06. The molecule has 1 fully saturated rings. The van der Waals surface area contributed by atoms with Gasteiger partial charge in [0.05, 0.1) is 17.3 Å². The number of hydrogen-bond donors (Lipinski definition) is 1. The van der Waals surface area contributed by atoms with Crippen LogP contribution < -0.4 is 10.2 Å². The predicted molar refractivity (Wildman–Crippen MR) is 80.4 cm³/mol. The molecule has 1 saturated carbocycles. The number of pyridine rings is 1. The topological polar surface area (TPSA) is 28.2 Å². The monoisotopic (exact) mass is 277 g/mol. The van der Waals surface area contributed by atoms with E-state index in [0.717, 1.165) is 30.5 Å². The molecular formula is C15H20ClN3. The summed E-state index contributed by atoms with van der Waals surface area (Å²) in [5.74, 6) is 4.43. The highest BCUT2D eigenvalue weighted by Crippen LogP contribution is 2.31. The van der Waals surface area contributed by atoms with Crippen LogP contribution in [0.5, 0.6) is 0 Å². The van der Waals surface area contributed by atoms with Gasteiger partial charge in [-0.2, -0.15) is 0 Å². The van der Waals surface area contributed by atoms with Gasteiger partial charge < -0.3 is 10.2 Å². The van der Waals surface area contributed by atoms with Gasteiger partial charge in [-0.15, -0.1) is 6.42 Å². The highest BCUT2D eigenvalue weighted by Gasteiger charge is 2.24. The fraction of sp³-hybridized carbons (Fsp3) is 0.533. The minimum absolute atomic E-state index is 0.603. The summed E-state index contributed by atoms with van der Waals surface area (Å²) in [7, 11) is 0. The molecule has 0 spiro atoms. The normalized spacial score (nSPS) is 14.2. The lowest BCUT2D eigenvalue weighted by Gasteiger charge is -2.22. The molecule has 0 unspecified atom stereocenters. The van der Waals surface area contributed by atoms with E-state index in [1.165, 1.54) is 12.8 Å². The van der Waals surface area contributed by atoms with Gasteiger partial charge in [-0.25, -0.2) is 4.98 Å². The number of terminal acetylenes is 1. The van der Waals surface area contributed by atoms with Crippen LogP contribution in [0.25, 0.3) is 0 Å². The lowest BCUT2D eigenvalue weighted by molar-refractivity contribution is 0.703. The Labute approximate surface area is 120 Å². The summed E-state index contributed by atoms with van der Waals surface area (Å²) in [4.78, 5) is 6.82. The van der Waals surface area contributed by atoms with Crippen molar-refractivity contribution in [1.29, 1.82) is 0 Å². The third-order valence-corrected chi connectivity index (χ3v) is 3.57. The van der Waals surface area contributed by atoms with E-state index in [1.807, 2.05) is 12.1 Å². The van der Waals surface area contributed by atoms with Crippen LogP contribution in [0.1, 0.15) is 25.5 Å². The van der Waals surface area contributed by atoms with Crippen molar-refractivity contribution >= 4 is 17.4 Å². The first-order valence-electron chi connectivity index (χ1n) is 6.79. The Bertz CT molecular complexity index is 463. The maximum absolute atomic E-state index is 6.17. The standard InChI is InChI=1S/C15H20ClN3/c1-3-9-19(11-12-5-6-12)15-8-7-13(16)14(18-15)10-17-4-2/h1,7-8,12,17H,4-6,9-11H2,2H3. The lowest BCUT2D eigenvalue weighted by atomic mass is 10.3. The Kier molecular flexibility index (Phi) is 5.07. The van der Waals surface area contributed by atoms with Crippen molar-refractivity contribution in [2.75, 3.05) is 24.5 Å². The average Bonchev–Trinajstić information content (AvgIpc) is 3.21. The summed E-state index contributed by atoms with van der Waals surface area (Å²) in [5.41, 5.74) is 0.888. The van der Waals surface area contributed by atoms with E-state index in [0.29, 0.717) is 18.1 Å². The fourth-order valence-electron chi connectivity index (χ4n) is 1.98. The largest absolute Gasteiger partial charge is 0.345 e. The Morgan fingerprint density at radius 2 is 2.32 bits per heavy atom. The number of hydrogen-bond acceptors (Lipinski definition) is 3. The molecule has 0 atom stereocenters. The van der Waals surface area contributed by atoms with Crippen LogP contribution in [0.3, 0.4) is 0 Å². The summed E-state index contributed by atoms with van der Waals surface area (Å²) < 4.78 is 0. The van der Waals surface area contributed by atoms with Crippen molar-refractivity contribution in [3.8, 4) is 12.3 Å². The minimum atomic E-state index is 0.603. The number of aromatic nitrogens is 1. The number of halogens is 1. The Hall–Kier alpha value is -1.24. The minimum Gasteiger partial charge on any atom is -0.345 e.